The van der Waals surface area contributed by atoms with Gasteiger partial charge >= 0.3 is 0 Å². The maximum atomic E-state index is 5.77. The van der Waals surface area contributed by atoms with Gasteiger partial charge in [-0.15, -0.1) is 0 Å². The van der Waals surface area contributed by atoms with E-state index in [2.05, 4.69) is 37.0 Å². The van der Waals surface area contributed by atoms with Crippen molar-refractivity contribution in [2.75, 3.05) is 36.0 Å². The summed E-state index contributed by atoms with van der Waals surface area (Å²) in [4.78, 5) is 12.9. The van der Waals surface area contributed by atoms with Crippen LogP contribution in [-0.4, -0.2) is 40.6 Å². The lowest BCUT2D eigenvalue weighted by Gasteiger charge is -2.24. The molecule has 2 aromatic rings. The van der Waals surface area contributed by atoms with E-state index in [1.807, 2.05) is 12.3 Å². The van der Waals surface area contributed by atoms with Crippen molar-refractivity contribution in [1.82, 2.24) is 20.3 Å². The molecule has 5 N–H and O–H groups in total. The van der Waals surface area contributed by atoms with Gasteiger partial charge in [-0.25, -0.2) is 15.0 Å². The predicted octanol–water partition coefficient (Wildman–Crippen LogP) is 1.96. The molecule has 0 aromatic carbocycles. The molecule has 0 saturated carbocycles. The SMILES string of the molecule is Nc1nccc(C2CNc3nccc(NCCC4CCCCN4)c32)n1. The minimum Gasteiger partial charge on any atom is -0.385 e. The summed E-state index contributed by atoms with van der Waals surface area (Å²) in [6.07, 6.45) is 8.62. The molecule has 4 heterocycles. The van der Waals surface area contributed by atoms with Crippen LogP contribution in [0.3, 0.4) is 0 Å². The highest BCUT2D eigenvalue weighted by atomic mass is 15.1. The fraction of sp³-hybridized carbons (Fsp3) is 0.500. The minimum absolute atomic E-state index is 0.143. The molecule has 7 heteroatoms. The van der Waals surface area contributed by atoms with E-state index in [0.29, 0.717) is 12.0 Å². The van der Waals surface area contributed by atoms with Crippen LogP contribution in [0.25, 0.3) is 0 Å². The molecule has 25 heavy (non-hydrogen) atoms. The van der Waals surface area contributed by atoms with E-state index in [1.165, 1.54) is 24.8 Å². The average molecular weight is 339 g/mol. The zero-order chi connectivity index (χ0) is 17.1. The van der Waals surface area contributed by atoms with E-state index >= 15 is 0 Å². The zero-order valence-electron chi connectivity index (χ0n) is 14.3. The molecule has 2 unspecified atom stereocenters. The fourth-order valence-electron chi connectivity index (χ4n) is 3.81. The first-order valence-corrected chi connectivity index (χ1v) is 9.09. The van der Waals surface area contributed by atoms with Crippen LogP contribution in [-0.2, 0) is 0 Å². The monoisotopic (exact) mass is 339 g/mol. The van der Waals surface area contributed by atoms with Crippen LogP contribution in [0.2, 0.25) is 0 Å². The summed E-state index contributed by atoms with van der Waals surface area (Å²) in [7, 11) is 0. The third-order valence-corrected chi connectivity index (χ3v) is 5.09. The van der Waals surface area contributed by atoms with Crippen LogP contribution < -0.4 is 21.7 Å². The van der Waals surface area contributed by atoms with Crippen LogP contribution in [0.5, 0.6) is 0 Å². The zero-order valence-corrected chi connectivity index (χ0v) is 14.3. The summed E-state index contributed by atoms with van der Waals surface area (Å²) < 4.78 is 0. The molecule has 0 bridgehead atoms. The highest BCUT2D eigenvalue weighted by Gasteiger charge is 2.29. The van der Waals surface area contributed by atoms with Gasteiger partial charge in [-0.05, 0) is 37.9 Å². The number of nitrogens with two attached hydrogens (primary N) is 1. The van der Waals surface area contributed by atoms with Crippen molar-refractivity contribution in [2.24, 2.45) is 0 Å². The molecule has 2 aromatic heterocycles. The second-order valence-electron chi connectivity index (χ2n) is 6.76. The number of nitrogens with one attached hydrogen (secondary N) is 3. The fourth-order valence-corrected chi connectivity index (χ4v) is 3.81. The Morgan fingerprint density at radius 2 is 2.12 bits per heavy atom. The number of rotatable bonds is 5. The lowest BCUT2D eigenvalue weighted by Crippen LogP contribution is -2.35. The summed E-state index contributed by atoms with van der Waals surface area (Å²) in [6, 6.07) is 4.62. The number of aromatic nitrogens is 3. The molecule has 2 aliphatic heterocycles. The third-order valence-electron chi connectivity index (χ3n) is 5.09. The second kappa shape index (κ2) is 7.23. The molecule has 0 radical (unpaired) electrons. The first-order valence-electron chi connectivity index (χ1n) is 9.09. The number of fused-ring (bicyclic) bond motifs is 1. The number of piperidine rings is 1. The lowest BCUT2D eigenvalue weighted by molar-refractivity contribution is 0.389. The van der Waals surface area contributed by atoms with Crippen LogP contribution in [0.4, 0.5) is 17.5 Å². The number of nitrogens with zero attached hydrogens (tertiary/aromatic N) is 3. The molecule has 132 valence electrons. The normalized spacial score (nSPS) is 22.2. The molecule has 2 atom stereocenters. The number of hydrogen-bond donors (Lipinski definition) is 4. The first-order chi connectivity index (χ1) is 12.3. The second-order valence-corrected chi connectivity index (χ2v) is 6.76. The molecule has 0 amide bonds. The van der Waals surface area contributed by atoms with Crippen molar-refractivity contribution in [3.63, 3.8) is 0 Å². The smallest absolute Gasteiger partial charge is 0.220 e. The molecule has 2 aliphatic rings. The summed E-state index contributed by atoms with van der Waals surface area (Å²) in [6.45, 7) is 2.88. The Kier molecular flexibility index (Phi) is 4.65. The standard InChI is InChI=1S/C18H25N7/c19-18-23-10-5-14(25-18)13-11-24-17-16(13)15(6-9-22-17)21-8-4-12-3-1-2-7-20-12/h5-6,9-10,12-13,20H,1-4,7-8,11H2,(H2,19,23,25)(H2,21,22,24). The van der Waals surface area contributed by atoms with Gasteiger partial charge in [-0.3, -0.25) is 0 Å². The molecule has 4 rings (SSSR count). The number of pyridine rings is 1. The predicted molar refractivity (Wildman–Crippen MR) is 99.8 cm³/mol. The van der Waals surface area contributed by atoms with Gasteiger partial charge in [-0.1, -0.05) is 6.42 Å². The summed E-state index contributed by atoms with van der Waals surface area (Å²) in [5, 5.41) is 10.6. The quantitative estimate of drug-likeness (QED) is 0.660. The number of anilines is 3. The summed E-state index contributed by atoms with van der Waals surface area (Å²) in [5.74, 6) is 1.39. The van der Waals surface area contributed by atoms with E-state index in [9.17, 15) is 0 Å². The van der Waals surface area contributed by atoms with Gasteiger partial charge in [-0.2, -0.15) is 0 Å². The van der Waals surface area contributed by atoms with Gasteiger partial charge in [0.15, 0.2) is 0 Å². The molecule has 1 fully saturated rings. The topological polar surface area (TPSA) is 101 Å². The molecule has 7 nitrogen and oxygen atoms in total. The highest BCUT2D eigenvalue weighted by Crippen LogP contribution is 2.39. The van der Waals surface area contributed by atoms with Gasteiger partial charge in [0.2, 0.25) is 5.95 Å². The van der Waals surface area contributed by atoms with Crippen molar-refractivity contribution in [3.8, 4) is 0 Å². The Labute approximate surface area is 147 Å². The van der Waals surface area contributed by atoms with Gasteiger partial charge in [0.05, 0.1) is 5.69 Å². The molecular weight excluding hydrogens is 314 g/mol. The third kappa shape index (κ3) is 3.51. The Hall–Kier alpha value is -2.41. The molecule has 0 aliphatic carbocycles. The van der Waals surface area contributed by atoms with Crippen LogP contribution >= 0.6 is 0 Å². The van der Waals surface area contributed by atoms with Gasteiger partial charge in [0, 0.05) is 48.7 Å². The van der Waals surface area contributed by atoms with Crippen LogP contribution in [0.1, 0.15) is 42.9 Å². The maximum absolute atomic E-state index is 5.77. The van der Waals surface area contributed by atoms with Gasteiger partial charge in [0.25, 0.3) is 0 Å². The van der Waals surface area contributed by atoms with Crippen LogP contribution in [0.15, 0.2) is 24.5 Å². The largest absolute Gasteiger partial charge is 0.385 e. The van der Waals surface area contributed by atoms with Crippen molar-refractivity contribution < 1.29 is 0 Å². The molecule has 0 spiro atoms. The Morgan fingerprint density at radius 1 is 1.20 bits per heavy atom. The van der Waals surface area contributed by atoms with E-state index in [0.717, 1.165) is 43.3 Å². The minimum atomic E-state index is 0.143. The Morgan fingerprint density at radius 3 is 2.96 bits per heavy atom. The summed E-state index contributed by atoms with van der Waals surface area (Å²) >= 11 is 0. The average Bonchev–Trinajstić information content (AvgIpc) is 3.08. The highest BCUT2D eigenvalue weighted by molar-refractivity contribution is 5.68. The maximum Gasteiger partial charge on any atom is 0.220 e. The van der Waals surface area contributed by atoms with Crippen LogP contribution in [0, 0.1) is 0 Å². The van der Waals surface area contributed by atoms with Crippen molar-refractivity contribution in [1.29, 1.82) is 0 Å². The number of nitrogen functional groups attached to an aromatic ring is 1. The molecule has 1 saturated heterocycles. The first kappa shape index (κ1) is 16.1. The van der Waals surface area contributed by atoms with E-state index in [1.54, 1.807) is 6.20 Å². The van der Waals surface area contributed by atoms with Crippen molar-refractivity contribution in [2.45, 2.75) is 37.6 Å². The van der Waals surface area contributed by atoms with Gasteiger partial charge in [0.1, 0.15) is 5.82 Å². The van der Waals surface area contributed by atoms with E-state index < -0.39 is 0 Å². The van der Waals surface area contributed by atoms with Gasteiger partial charge < -0.3 is 21.7 Å². The Balaban J connectivity index is 1.49. The van der Waals surface area contributed by atoms with E-state index in [4.69, 9.17) is 5.73 Å². The summed E-state index contributed by atoms with van der Waals surface area (Å²) in [5.41, 5.74) is 9.01. The number of hydrogen-bond acceptors (Lipinski definition) is 7. The Bertz CT molecular complexity index is 727. The van der Waals surface area contributed by atoms with E-state index in [-0.39, 0.29) is 5.92 Å². The van der Waals surface area contributed by atoms with Crippen molar-refractivity contribution in [3.05, 3.63) is 35.8 Å². The molecular formula is C18H25N7. The lowest BCUT2D eigenvalue weighted by atomic mass is 9.97. The van der Waals surface area contributed by atoms with Crippen molar-refractivity contribution >= 4 is 17.5 Å².